The molecule has 1 aromatic carbocycles. The molecule has 0 aliphatic heterocycles. The number of anilines is 1. The fraction of sp³-hybridized carbons (Fsp3) is 0.375. The van der Waals surface area contributed by atoms with E-state index in [2.05, 4.69) is 41.3 Å². The minimum atomic E-state index is 0.554. The van der Waals surface area contributed by atoms with Crippen molar-refractivity contribution in [1.29, 1.82) is 0 Å². The maximum absolute atomic E-state index is 5.78. The van der Waals surface area contributed by atoms with Gasteiger partial charge in [0, 0.05) is 18.8 Å². The van der Waals surface area contributed by atoms with Crippen LogP contribution in [-0.4, -0.2) is 17.0 Å². The fourth-order valence-electron chi connectivity index (χ4n) is 1.92. The van der Waals surface area contributed by atoms with Gasteiger partial charge in [-0.2, -0.15) is 4.98 Å². The largest absolute Gasteiger partial charge is 0.439 e. The summed E-state index contributed by atoms with van der Waals surface area (Å²) >= 11 is 0. The first-order chi connectivity index (χ1) is 9.62. The first-order valence-electron chi connectivity index (χ1n) is 6.93. The Hall–Kier alpha value is -2.10. The molecule has 106 valence electrons. The van der Waals surface area contributed by atoms with Crippen LogP contribution in [0.4, 0.5) is 5.95 Å². The summed E-state index contributed by atoms with van der Waals surface area (Å²) in [7, 11) is 1.79. The summed E-state index contributed by atoms with van der Waals surface area (Å²) in [6, 6.07) is 10.0. The van der Waals surface area contributed by atoms with Crippen LogP contribution in [0, 0.1) is 6.92 Å². The van der Waals surface area contributed by atoms with E-state index in [1.54, 1.807) is 7.05 Å². The number of hydrogen-bond acceptors (Lipinski definition) is 4. The number of aromatic nitrogens is 2. The maximum atomic E-state index is 5.78. The van der Waals surface area contributed by atoms with Crippen LogP contribution in [0.15, 0.2) is 30.3 Å². The summed E-state index contributed by atoms with van der Waals surface area (Å²) in [5.74, 6) is 2.48. The van der Waals surface area contributed by atoms with Gasteiger partial charge in [-0.3, -0.25) is 0 Å². The Balaban J connectivity index is 2.15. The van der Waals surface area contributed by atoms with Crippen molar-refractivity contribution >= 4 is 5.95 Å². The lowest BCUT2D eigenvalue weighted by atomic mass is 9.99. The predicted molar refractivity (Wildman–Crippen MR) is 81.5 cm³/mol. The molecule has 1 heterocycles. The molecule has 1 atom stereocenters. The normalized spacial score (nSPS) is 12.0. The number of benzene rings is 1. The van der Waals surface area contributed by atoms with E-state index in [-0.39, 0.29) is 0 Å². The lowest BCUT2D eigenvalue weighted by Gasteiger charge is -2.11. The average molecular weight is 271 g/mol. The highest BCUT2D eigenvalue weighted by Crippen LogP contribution is 2.25. The zero-order valence-corrected chi connectivity index (χ0v) is 12.5. The van der Waals surface area contributed by atoms with Gasteiger partial charge in [-0.15, -0.1) is 0 Å². The number of nitrogens with zero attached hydrogens (tertiary/aromatic N) is 2. The molecule has 0 radical (unpaired) electrons. The highest BCUT2D eigenvalue weighted by atomic mass is 16.5. The van der Waals surface area contributed by atoms with E-state index in [4.69, 9.17) is 4.74 Å². The first-order valence-corrected chi connectivity index (χ1v) is 6.93. The summed E-state index contributed by atoms with van der Waals surface area (Å²) < 4.78 is 5.78. The lowest BCUT2D eigenvalue weighted by molar-refractivity contribution is 0.461. The van der Waals surface area contributed by atoms with Crippen LogP contribution < -0.4 is 10.1 Å². The summed E-state index contributed by atoms with van der Waals surface area (Å²) in [6.45, 7) is 6.34. The van der Waals surface area contributed by atoms with E-state index in [0.29, 0.717) is 17.7 Å². The second kappa shape index (κ2) is 6.37. The number of aryl methyl sites for hydroxylation is 1. The molecule has 0 saturated carbocycles. The Kier molecular flexibility index (Phi) is 4.56. The number of rotatable bonds is 5. The molecule has 1 aromatic heterocycles. The van der Waals surface area contributed by atoms with Gasteiger partial charge >= 0.3 is 0 Å². The minimum absolute atomic E-state index is 0.554. The standard InChI is InChI=1S/C16H21N3O/c1-5-11(2)13-6-8-14(9-7-13)20-15-10-12(3)18-16(17-4)19-15/h6-11H,5H2,1-4H3,(H,17,18,19). The highest BCUT2D eigenvalue weighted by molar-refractivity contribution is 5.35. The van der Waals surface area contributed by atoms with Gasteiger partial charge in [0.25, 0.3) is 0 Å². The van der Waals surface area contributed by atoms with Gasteiger partial charge in [-0.25, -0.2) is 4.98 Å². The van der Waals surface area contributed by atoms with Gasteiger partial charge in [-0.05, 0) is 37.0 Å². The van der Waals surface area contributed by atoms with Crippen molar-refractivity contribution in [3.8, 4) is 11.6 Å². The zero-order valence-electron chi connectivity index (χ0n) is 12.5. The van der Waals surface area contributed by atoms with Crippen molar-refractivity contribution in [3.05, 3.63) is 41.6 Å². The molecule has 4 nitrogen and oxygen atoms in total. The molecular weight excluding hydrogens is 250 g/mol. The maximum Gasteiger partial charge on any atom is 0.225 e. The van der Waals surface area contributed by atoms with E-state index in [9.17, 15) is 0 Å². The quantitative estimate of drug-likeness (QED) is 0.888. The van der Waals surface area contributed by atoms with Crippen molar-refractivity contribution < 1.29 is 4.74 Å². The van der Waals surface area contributed by atoms with Crippen LogP contribution in [0.2, 0.25) is 0 Å². The number of ether oxygens (including phenoxy) is 1. The Morgan fingerprint density at radius 3 is 2.50 bits per heavy atom. The second-order valence-corrected chi connectivity index (χ2v) is 4.90. The Morgan fingerprint density at radius 2 is 1.90 bits per heavy atom. The van der Waals surface area contributed by atoms with Gasteiger partial charge in [0.15, 0.2) is 0 Å². The molecule has 1 unspecified atom stereocenters. The number of nitrogens with one attached hydrogen (secondary N) is 1. The van der Waals surface area contributed by atoms with E-state index >= 15 is 0 Å². The van der Waals surface area contributed by atoms with Crippen molar-refractivity contribution in [3.63, 3.8) is 0 Å². The molecule has 0 aliphatic rings. The molecule has 2 aromatic rings. The van der Waals surface area contributed by atoms with E-state index in [1.165, 1.54) is 5.56 Å². The van der Waals surface area contributed by atoms with Crippen LogP contribution >= 0.6 is 0 Å². The molecule has 0 bridgehead atoms. The van der Waals surface area contributed by atoms with Gasteiger partial charge in [0.2, 0.25) is 11.8 Å². The van der Waals surface area contributed by atoms with Crippen LogP contribution in [0.25, 0.3) is 0 Å². The highest BCUT2D eigenvalue weighted by Gasteiger charge is 2.05. The van der Waals surface area contributed by atoms with E-state index in [0.717, 1.165) is 17.9 Å². The van der Waals surface area contributed by atoms with Crippen molar-refractivity contribution in [2.75, 3.05) is 12.4 Å². The zero-order chi connectivity index (χ0) is 14.5. The Labute approximate surface area is 120 Å². The van der Waals surface area contributed by atoms with Crippen LogP contribution in [0.5, 0.6) is 11.6 Å². The molecule has 4 heteroatoms. The molecule has 0 amide bonds. The molecular formula is C16H21N3O. The molecule has 0 saturated heterocycles. The van der Waals surface area contributed by atoms with Gasteiger partial charge in [0.05, 0.1) is 0 Å². The topological polar surface area (TPSA) is 47.0 Å². The van der Waals surface area contributed by atoms with Gasteiger partial charge in [0.1, 0.15) is 5.75 Å². The fourth-order valence-corrected chi connectivity index (χ4v) is 1.92. The lowest BCUT2D eigenvalue weighted by Crippen LogP contribution is -1.99. The predicted octanol–water partition coefficient (Wildman–Crippen LogP) is 4.13. The third-order valence-electron chi connectivity index (χ3n) is 3.34. The molecule has 0 aliphatic carbocycles. The summed E-state index contributed by atoms with van der Waals surface area (Å²) in [4.78, 5) is 8.52. The van der Waals surface area contributed by atoms with Crippen LogP contribution in [0.3, 0.4) is 0 Å². The second-order valence-electron chi connectivity index (χ2n) is 4.90. The summed E-state index contributed by atoms with van der Waals surface area (Å²) in [6.07, 6.45) is 1.14. The third kappa shape index (κ3) is 3.47. The Morgan fingerprint density at radius 1 is 1.20 bits per heavy atom. The third-order valence-corrected chi connectivity index (χ3v) is 3.34. The molecule has 2 rings (SSSR count). The minimum Gasteiger partial charge on any atom is -0.439 e. The summed E-state index contributed by atoms with van der Waals surface area (Å²) in [5, 5.41) is 2.92. The van der Waals surface area contributed by atoms with Crippen molar-refractivity contribution in [1.82, 2.24) is 9.97 Å². The van der Waals surface area contributed by atoms with Gasteiger partial charge in [-0.1, -0.05) is 26.0 Å². The average Bonchev–Trinajstić information content (AvgIpc) is 2.46. The molecule has 0 spiro atoms. The monoisotopic (exact) mass is 271 g/mol. The van der Waals surface area contributed by atoms with Crippen LogP contribution in [0.1, 0.15) is 37.4 Å². The first kappa shape index (κ1) is 14.3. The van der Waals surface area contributed by atoms with Crippen molar-refractivity contribution in [2.24, 2.45) is 0 Å². The molecule has 1 N–H and O–H groups in total. The van der Waals surface area contributed by atoms with E-state index < -0.39 is 0 Å². The van der Waals surface area contributed by atoms with Crippen LogP contribution in [-0.2, 0) is 0 Å². The SMILES string of the molecule is CCC(C)c1ccc(Oc2cc(C)nc(NC)n2)cc1. The van der Waals surface area contributed by atoms with Gasteiger partial charge < -0.3 is 10.1 Å². The smallest absolute Gasteiger partial charge is 0.225 e. The Bertz CT molecular complexity index is 566. The number of hydrogen-bond donors (Lipinski definition) is 1. The summed E-state index contributed by atoms with van der Waals surface area (Å²) in [5.41, 5.74) is 2.20. The molecule has 0 fully saturated rings. The molecule has 20 heavy (non-hydrogen) atoms. The van der Waals surface area contributed by atoms with E-state index in [1.807, 2.05) is 25.1 Å². The van der Waals surface area contributed by atoms with Crippen molar-refractivity contribution in [2.45, 2.75) is 33.1 Å².